The van der Waals surface area contributed by atoms with Gasteiger partial charge in [-0.25, -0.2) is 13.2 Å². The van der Waals surface area contributed by atoms with Gasteiger partial charge in [0, 0.05) is 18.1 Å². The van der Waals surface area contributed by atoms with E-state index in [9.17, 15) is 31.5 Å². The molecule has 1 aliphatic carbocycles. The van der Waals surface area contributed by atoms with Crippen LogP contribution in [0.15, 0.2) is 36.4 Å². The van der Waals surface area contributed by atoms with Gasteiger partial charge in [0.05, 0.1) is 21.0 Å². The van der Waals surface area contributed by atoms with Crippen molar-refractivity contribution >= 4 is 52.4 Å². The van der Waals surface area contributed by atoms with Crippen LogP contribution in [0.2, 0.25) is 15.1 Å². The Kier molecular flexibility index (Phi) is 8.70. The van der Waals surface area contributed by atoms with Crippen LogP contribution < -0.4 is 10.6 Å². The second kappa shape index (κ2) is 11.0. The summed E-state index contributed by atoms with van der Waals surface area (Å²) in [5, 5.41) is 4.00. The third-order valence-corrected chi connectivity index (χ3v) is 7.15. The predicted octanol–water partition coefficient (Wildman–Crippen LogP) is 7.65. The Hall–Kier alpha value is -2.43. The number of amides is 2. The highest BCUT2D eigenvalue weighted by molar-refractivity contribution is 6.48. The van der Waals surface area contributed by atoms with Gasteiger partial charge in [0.1, 0.15) is 17.9 Å². The molecule has 2 aromatic rings. The molecule has 2 N–H and O–H groups in total. The molecule has 1 atom stereocenters. The maximum absolute atomic E-state index is 15.2. The van der Waals surface area contributed by atoms with Crippen molar-refractivity contribution in [2.45, 2.75) is 50.2 Å². The fourth-order valence-corrected chi connectivity index (χ4v) is 4.38. The molecule has 0 bridgehead atoms. The van der Waals surface area contributed by atoms with E-state index in [2.05, 4.69) is 5.32 Å². The van der Waals surface area contributed by atoms with E-state index in [1.807, 2.05) is 0 Å². The fourth-order valence-electron chi connectivity index (χ4n) is 3.77. The van der Waals surface area contributed by atoms with Gasteiger partial charge in [-0.15, -0.1) is 0 Å². The van der Waals surface area contributed by atoms with E-state index in [0.29, 0.717) is 13.0 Å². The van der Waals surface area contributed by atoms with Gasteiger partial charge in [-0.1, -0.05) is 40.9 Å². The number of rotatable bonds is 8. The highest BCUT2D eigenvalue weighted by Gasteiger charge is 2.52. The summed E-state index contributed by atoms with van der Waals surface area (Å²) in [7, 11) is 0. The minimum atomic E-state index is -4.60. The van der Waals surface area contributed by atoms with Crippen LogP contribution in [0, 0.1) is 6.92 Å². The van der Waals surface area contributed by atoms with Crippen LogP contribution in [-0.2, 0) is 4.79 Å². The summed E-state index contributed by atoms with van der Waals surface area (Å²) in [5.74, 6) is -7.90. The molecule has 2 amide bonds. The summed E-state index contributed by atoms with van der Waals surface area (Å²) >= 11 is 17.8. The highest BCUT2D eigenvalue weighted by atomic mass is 35.5. The lowest BCUT2D eigenvalue weighted by atomic mass is 9.91. The number of nitrogens with one attached hydrogen (secondary N) is 2. The number of carbonyl (C=O) groups excluding carboxylic acids is 2. The van der Waals surface area contributed by atoms with E-state index in [-0.39, 0.29) is 50.2 Å². The molecule has 1 aliphatic rings. The van der Waals surface area contributed by atoms with Crippen LogP contribution in [0.5, 0.6) is 0 Å². The maximum atomic E-state index is 15.2. The van der Waals surface area contributed by atoms with E-state index in [1.165, 1.54) is 37.3 Å². The van der Waals surface area contributed by atoms with E-state index in [4.69, 9.17) is 34.8 Å². The zero-order chi connectivity index (χ0) is 28.6. The number of benzene rings is 2. The molecule has 38 heavy (non-hydrogen) atoms. The van der Waals surface area contributed by atoms with E-state index >= 15 is 4.39 Å². The fraction of sp³-hybridized carbons (Fsp3) is 0.360. The van der Waals surface area contributed by atoms with Crippen LogP contribution in [0.25, 0.3) is 5.83 Å². The summed E-state index contributed by atoms with van der Waals surface area (Å²) in [6.07, 6.45) is -3.59. The zero-order valence-electron chi connectivity index (χ0n) is 19.9. The quantitative estimate of drug-likeness (QED) is 0.241. The summed E-state index contributed by atoms with van der Waals surface area (Å²) in [5.41, 5.74) is -1.36. The number of hydrogen-bond donors (Lipinski definition) is 2. The van der Waals surface area contributed by atoms with Crippen molar-refractivity contribution in [1.29, 1.82) is 0 Å². The molecule has 3 rings (SSSR count). The van der Waals surface area contributed by atoms with Gasteiger partial charge in [0.2, 0.25) is 5.91 Å². The molecule has 0 heterocycles. The van der Waals surface area contributed by atoms with Gasteiger partial charge < -0.3 is 10.6 Å². The summed E-state index contributed by atoms with van der Waals surface area (Å²) in [4.78, 5) is 24.9. The smallest absolute Gasteiger partial charge is 0.345 e. The predicted molar refractivity (Wildman–Crippen MR) is 134 cm³/mol. The number of hydrogen-bond acceptors (Lipinski definition) is 2. The monoisotopic (exact) mass is 600 g/mol. The molecule has 0 aromatic heterocycles. The molecular weight excluding hydrogens is 581 g/mol. The normalized spacial score (nSPS) is 16.1. The van der Waals surface area contributed by atoms with Crippen LogP contribution in [0.1, 0.15) is 52.7 Å². The van der Waals surface area contributed by atoms with Crippen molar-refractivity contribution in [1.82, 2.24) is 10.6 Å². The molecule has 0 aliphatic heterocycles. The zero-order valence-corrected chi connectivity index (χ0v) is 22.1. The molecule has 206 valence electrons. The average Bonchev–Trinajstić information content (AvgIpc) is 3.58. The minimum Gasteiger partial charge on any atom is -0.345 e. The number of alkyl halides is 5. The topological polar surface area (TPSA) is 58.2 Å². The van der Waals surface area contributed by atoms with Gasteiger partial charge in [-0.2, -0.15) is 13.2 Å². The number of allylic oxidation sites excluding steroid dienone is 1. The van der Waals surface area contributed by atoms with Crippen molar-refractivity contribution in [2.75, 3.05) is 6.54 Å². The van der Waals surface area contributed by atoms with Crippen molar-refractivity contribution < 1.29 is 35.9 Å². The summed E-state index contributed by atoms with van der Waals surface area (Å²) < 4.78 is 81.2. The summed E-state index contributed by atoms with van der Waals surface area (Å²) in [6.45, 7) is 0.532. The Morgan fingerprint density at radius 3 is 2.11 bits per heavy atom. The van der Waals surface area contributed by atoms with Gasteiger partial charge >= 0.3 is 6.18 Å². The Bertz CT molecular complexity index is 1260. The molecule has 0 spiro atoms. The van der Waals surface area contributed by atoms with Crippen molar-refractivity contribution in [3.63, 3.8) is 0 Å². The lowest BCUT2D eigenvalue weighted by Crippen LogP contribution is -2.50. The Morgan fingerprint density at radius 1 is 1.05 bits per heavy atom. The molecule has 2 aromatic carbocycles. The molecule has 0 radical (unpaired) electrons. The Balaban J connectivity index is 1.82. The molecule has 4 nitrogen and oxygen atoms in total. The van der Waals surface area contributed by atoms with Crippen LogP contribution in [0.3, 0.4) is 0 Å². The average molecular weight is 602 g/mol. The van der Waals surface area contributed by atoms with Crippen LogP contribution in [0.4, 0.5) is 26.3 Å². The van der Waals surface area contributed by atoms with E-state index < -0.39 is 47.7 Å². The first-order valence-electron chi connectivity index (χ1n) is 11.1. The molecule has 1 saturated carbocycles. The van der Waals surface area contributed by atoms with Crippen molar-refractivity contribution in [2.24, 2.45) is 0 Å². The first-order chi connectivity index (χ1) is 17.4. The molecular formula is C25H21Cl3F6N2O2. The van der Waals surface area contributed by atoms with Crippen LogP contribution >= 0.6 is 34.8 Å². The second-order valence-electron chi connectivity index (χ2n) is 9.11. The Morgan fingerprint density at radius 2 is 1.63 bits per heavy atom. The van der Waals surface area contributed by atoms with Crippen molar-refractivity contribution in [3.05, 3.63) is 73.7 Å². The maximum Gasteiger partial charge on any atom is 0.405 e. The first kappa shape index (κ1) is 30.1. The largest absolute Gasteiger partial charge is 0.405 e. The summed E-state index contributed by atoms with van der Waals surface area (Å²) in [6, 6.07) is 5.99. The second-order valence-corrected chi connectivity index (χ2v) is 10.3. The Labute approximate surface area is 229 Å². The van der Waals surface area contributed by atoms with E-state index in [1.54, 1.807) is 5.32 Å². The van der Waals surface area contributed by atoms with Crippen molar-refractivity contribution in [3.8, 4) is 0 Å². The minimum absolute atomic E-state index is 0.0324. The standard InChI is InChI=1S/C25H21Cl3F6N2O2/c1-12-7-13(19(29)10-16(23(2,30)31)14-8-17(26)20(28)18(27)9-14)3-4-15(12)21(37)36-24(5-6-24)22(38)35-11-25(32,33)34/h3-4,7-10,16H,5-6,11H2,1-2H3,(H,35,38)(H,36,37)/b19-10-. The number of carbonyl (C=O) groups is 2. The number of aryl methyl sites for hydroxylation is 1. The molecule has 0 saturated heterocycles. The van der Waals surface area contributed by atoms with Gasteiger partial charge in [0.25, 0.3) is 11.8 Å². The molecule has 1 fully saturated rings. The SMILES string of the molecule is Cc1cc(/C(F)=C/C(c2cc(Cl)c(Cl)c(Cl)c2)C(C)(F)F)ccc1C(=O)NC1(C(=O)NCC(F)(F)F)CC1. The lowest BCUT2D eigenvalue weighted by Gasteiger charge is -2.22. The third kappa shape index (κ3) is 7.15. The molecule has 1 unspecified atom stereocenters. The highest BCUT2D eigenvalue weighted by Crippen LogP contribution is 2.41. The molecule has 13 heteroatoms. The van der Waals surface area contributed by atoms with E-state index in [0.717, 1.165) is 0 Å². The van der Waals surface area contributed by atoms with Crippen LogP contribution in [-0.4, -0.2) is 36.0 Å². The lowest BCUT2D eigenvalue weighted by molar-refractivity contribution is -0.140. The van der Waals surface area contributed by atoms with Gasteiger partial charge in [-0.05, 0) is 61.2 Å². The first-order valence-corrected chi connectivity index (χ1v) is 12.2. The van der Waals surface area contributed by atoms with Gasteiger partial charge in [-0.3, -0.25) is 9.59 Å². The third-order valence-electron chi connectivity index (χ3n) is 5.96. The number of halogens is 9. The van der Waals surface area contributed by atoms with Gasteiger partial charge in [0.15, 0.2) is 0 Å².